The van der Waals surface area contributed by atoms with E-state index in [0.29, 0.717) is 5.92 Å². The van der Waals surface area contributed by atoms with Gasteiger partial charge < -0.3 is 9.84 Å². The minimum Gasteiger partial charge on any atom is -0.497 e. The van der Waals surface area contributed by atoms with E-state index in [2.05, 4.69) is 25.1 Å². The Labute approximate surface area is 133 Å². The van der Waals surface area contributed by atoms with Crippen LogP contribution in [0.4, 0.5) is 0 Å². The second-order valence-corrected chi connectivity index (χ2v) is 7.70. The first-order chi connectivity index (χ1) is 10.7. The van der Waals surface area contributed by atoms with Gasteiger partial charge in [0.1, 0.15) is 5.75 Å². The number of methoxy groups -OCH3 is 1. The van der Waals surface area contributed by atoms with E-state index in [1.165, 1.54) is 37.7 Å². The van der Waals surface area contributed by atoms with Crippen molar-refractivity contribution in [3.05, 3.63) is 29.3 Å². The monoisotopic (exact) mass is 300 g/mol. The van der Waals surface area contributed by atoms with Crippen LogP contribution in [0.25, 0.3) is 0 Å². The standard InChI is InChI=1S/C20H28O2/c1-3-20-11-10-16-15-7-5-14(22-2)12-13(15)4-6-17(16)18(20)8-9-19(20)21/h5,7,12,16-19,21H,3-4,6,8-11H2,1-2H3/t16-,17-,18+,19+,20?/m1/s1. The van der Waals surface area contributed by atoms with Crippen molar-refractivity contribution >= 4 is 0 Å². The van der Waals surface area contributed by atoms with Gasteiger partial charge >= 0.3 is 0 Å². The van der Waals surface area contributed by atoms with Crippen molar-refractivity contribution in [3.63, 3.8) is 0 Å². The Kier molecular flexibility index (Phi) is 3.48. The van der Waals surface area contributed by atoms with Crippen molar-refractivity contribution in [2.45, 2.75) is 63.9 Å². The molecule has 2 nitrogen and oxygen atoms in total. The Bertz CT molecular complexity index is 567. The molecule has 0 aliphatic heterocycles. The predicted molar refractivity (Wildman–Crippen MR) is 88.2 cm³/mol. The first-order valence-electron chi connectivity index (χ1n) is 9.04. The third-order valence-electron chi connectivity index (χ3n) is 7.26. The van der Waals surface area contributed by atoms with Crippen LogP contribution in [0.3, 0.4) is 0 Å². The summed E-state index contributed by atoms with van der Waals surface area (Å²) in [6.45, 7) is 2.30. The molecule has 2 saturated carbocycles. The van der Waals surface area contributed by atoms with Crippen LogP contribution in [0, 0.1) is 17.3 Å². The van der Waals surface area contributed by atoms with Gasteiger partial charge in [-0.05, 0) is 91.4 Å². The summed E-state index contributed by atoms with van der Waals surface area (Å²) in [7, 11) is 1.75. The van der Waals surface area contributed by atoms with Crippen LogP contribution in [0.2, 0.25) is 0 Å². The first kappa shape index (κ1) is 14.6. The fraction of sp³-hybridized carbons (Fsp3) is 0.700. The molecule has 0 aromatic heterocycles. The Balaban J connectivity index is 1.68. The molecule has 0 amide bonds. The summed E-state index contributed by atoms with van der Waals surface area (Å²) in [6, 6.07) is 6.69. The van der Waals surface area contributed by atoms with Crippen molar-refractivity contribution in [1.29, 1.82) is 0 Å². The molecule has 2 fully saturated rings. The maximum atomic E-state index is 10.6. The van der Waals surface area contributed by atoms with Crippen LogP contribution in [-0.2, 0) is 6.42 Å². The van der Waals surface area contributed by atoms with Gasteiger partial charge in [0.25, 0.3) is 0 Å². The molecule has 2 heteroatoms. The molecule has 0 spiro atoms. The van der Waals surface area contributed by atoms with Gasteiger partial charge in [0.05, 0.1) is 13.2 Å². The third kappa shape index (κ3) is 1.89. The summed E-state index contributed by atoms with van der Waals surface area (Å²) in [5.41, 5.74) is 3.30. The molecule has 0 saturated heterocycles. The zero-order valence-corrected chi connectivity index (χ0v) is 13.8. The minimum absolute atomic E-state index is 0.0549. The Morgan fingerprint density at radius 1 is 1.23 bits per heavy atom. The van der Waals surface area contributed by atoms with Crippen LogP contribution in [-0.4, -0.2) is 18.3 Å². The summed E-state index contributed by atoms with van der Waals surface area (Å²) < 4.78 is 5.40. The van der Waals surface area contributed by atoms with Crippen molar-refractivity contribution in [2.24, 2.45) is 17.3 Å². The van der Waals surface area contributed by atoms with Gasteiger partial charge in [-0.15, -0.1) is 0 Å². The van der Waals surface area contributed by atoms with Crippen molar-refractivity contribution in [2.75, 3.05) is 7.11 Å². The second-order valence-electron chi connectivity index (χ2n) is 7.70. The molecular formula is C20H28O2. The molecule has 3 aliphatic carbocycles. The number of hydrogen-bond donors (Lipinski definition) is 1. The predicted octanol–water partition coefficient (Wildman–Crippen LogP) is 4.30. The summed E-state index contributed by atoms with van der Waals surface area (Å²) in [5.74, 6) is 3.23. The van der Waals surface area contributed by atoms with Gasteiger partial charge in [0.2, 0.25) is 0 Å². The van der Waals surface area contributed by atoms with Crippen LogP contribution >= 0.6 is 0 Å². The van der Waals surface area contributed by atoms with E-state index >= 15 is 0 Å². The molecule has 120 valence electrons. The highest BCUT2D eigenvalue weighted by Gasteiger charge is 2.55. The normalized spacial score (nSPS) is 39.8. The summed E-state index contributed by atoms with van der Waals surface area (Å²) >= 11 is 0. The molecule has 0 heterocycles. The topological polar surface area (TPSA) is 29.5 Å². The molecule has 22 heavy (non-hydrogen) atoms. The number of hydrogen-bond acceptors (Lipinski definition) is 2. The lowest BCUT2D eigenvalue weighted by atomic mass is 9.54. The maximum absolute atomic E-state index is 10.6. The van der Waals surface area contributed by atoms with E-state index in [4.69, 9.17) is 4.74 Å². The highest BCUT2D eigenvalue weighted by molar-refractivity contribution is 5.40. The van der Waals surface area contributed by atoms with Gasteiger partial charge in [-0.25, -0.2) is 0 Å². The highest BCUT2D eigenvalue weighted by atomic mass is 16.5. The number of benzene rings is 1. The summed E-state index contributed by atoms with van der Waals surface area (Å²) in [5, 5.41) is 10.6. The van der Waals surface area contributed by atoms with E-state index < -0.39 is 0 Å². The average molecular weight is 300 g/mol. The Morgan fingerprint density at radius 2 is 2.09 bits per heavy atom. The maximum Gasteiger partial charge on any atom is 0.119 e. The van der Waals surface area contributed by atoms with Crippen LogP contribution in [0.5, 0.6) is 5.75 Å². The third-order valence-corrected chi connectivity index (χ3v) is 7.26. The lowest BCUT2D eigenvalue weighted by Crippen LogP contribution is -2.45. The van der Waals surface area contributed by atoms with E-state index in [1.54, 1.807) is 12.7 Å². The van der Waals surface area contributed by atoms with E-state index in [0.717, 1.165) is 30.4 Å². The molecule has 1 unspecified atom stereocenters. The number of aliphatic hydroxyl groups is 1. The summed E-state index contributed by atoms with van der Waals surface area (Å²) in [6.07, 6.45) is 8.30. The molecular weight excluding hydrogens is 272 g/mol. The van der Waals surface area contributed by atoms with Gasteiger partial charge in [-0.1, -0.05) is 13.0 Å². The smallest absolute Gasteiger partial charge is 0.119 e. The van der Waals surface area contributed by atoms with Gasteiger partial charge in [-0.3, -0.25) is 0 Å². The quantitative estimate of drug-likeness (QED) is 0.882. The first-order valence-corrected chi connectivity index (χ1v) is 9.04. The van der Waals surface area contributed by atoms with Crippen LogP contribution in [0.15, 0.2) is 18.2 Å². The molecule has 4 rings (SSSR count). The number of ether oxygens (including phenoxy) is 1. The Morgan fingerprint density at radius 3 is 2.86 bits per heavy atom. The van der Waals surface area contributed by atoms with Crippen LogP contribution < -0.4 is 4.74 Å². The fourth-order valence-corrected chi connectivity index (χ4v) is 6.14. The number of aryl methyl sites for hydroxylation is 1. The molecule has 1 aromatic carbocycles. The van der Waals surface area contributed by atoms with Gasteiger partial charge in [0, 0.05) is 0 Å². The largest absolute Gasteiger partial charge is 0.497 e. The number of rotatable bonds is 2. The van der Waals surface area contributed by atoms with E-state index in [9.17, 15) is 5.11 Å². The molecule has 0 radical (unpaired) electrons. The van der Waals surface area contributed by atoms with Crippen molar-refractivity contribution in [3.8, 4) is 5.75 Å². The fourth-order valence-electron chi connectivity index (χ4n) is 6.14. The second kappa shape index (κ2) is 5.26. The van der Waals surface area contributed by atoms with E-state index in [1.807, 2.05) is 0 Å². The van der Waals surface area contributed by atoms with Crippen molar-refractivity contribution < 1.29 is 9.84 Å². The molecule has 5 atom stereocenters. The zero-order valence-electron chi connectivity index (χ0n) is 13.8. The van der Waals surface area contributed by atoms with Crippen LogP contribution in [0.1, 0.15) is 62.5 Å². The Hall–Kier alpha value is -1.02. The van der Waals surface area contributed by atoms with Crippen molar-refractivity contribution in [1.82, 2.24) is 0 Å². The van der Waals surface area contributed by atoms with Gasteiger partial charge in [-0.2, -0.15) is 0 Å². The van der Waals surface area contributed by atoms with Gasteiger partial charge in [0.15, 0.2) is 0 Å². The number of fused-ring (bicyclic) bond motifs is 5. The number of aliphatic hydroxyl groups excluding tert-OH is 1. The highest BCUT2D eigenvalue weighted by Crippen LogP contribution is 2.62. The molecule has 3 aliphatic rings. The molecule has 1 N–H and O–H groups in total. The molecule has 0 bridgehead atoms. The van der Waals surface area contributed by atoms with E-state index in [-0.39, 0.29) is 11.5 Å². The minimum atomic E-state index is -0.0549. The lowest BCUT2D eigenvalue weighted by molar-refractivity contribution is -0.0394. The SMILES string of the molecule is CCC12CC[C@@H]3c4ccc(OC)cc4CC[C@H]3[C@@H]1CC[C@@H]2O. The molecule has 1 aromatic rings. The lowest BCUT2D eigenvalue weighted by Gasteiger charge is -2.51. The average Bonchev–Trinajstić information content (AvgIpc) is 2.91. The zero-order chi connectivity index (χ0) is 15.3. The summed E-state index contributed by atoms with van der Waals surface area (Å²) in [4.78, 5) is 0.